The Hall–Kier alpha value is -2.93. The van der Waals surface area contributed by atoms with E-state index in [1.54, 1.807) is 24.8 Å². The number of thiophene rings is 1. The molecule has 4 aromatic rings. The van der Waals surface area contributed by atoms with E-state index in [2.05, 4.69) is 20.4 Å². The number of hydrogen-bond donors (Lipinski definition) is 1. The van der Waals surface area contributed by atoms with Crippen molar-refractivity contribution >= 4 is 27.4 Å². The number of nitrogen functional groups attached to an aromatic ring is 1. The third kappa shape index (κ3) is 2.59. The minimum absolute atomic E-state index is 0.493. The lowest BCUT2D eigenvalue weighted by molar-refractivity contribution is 0.414. The Kier molecular flexibility index (Phi) is 3.62. The third-order valence-electron chi connectivity index (χ3n) is 3.80. The van der Waals surface area contributed by atoms with Crippen LogP contribution in [0.5, 0.6) is 5.75 Å². The van der Waals surface area contributed by atoms with Gasteiger partial charge in [-0.15, -0.1) is 11.3 Å². The maximum Gasteiger partial charge on any atom is 0.146 e. The second kappa shape index (κ2) is 5.93. The molecule has 0 amide bonds. The van der Waals surface area contributed by atoms with Gasteiger partial charge in [0.1, 0.15) is 17.9 Å². The molecule has 0 fully saturated rings. The summed E-state index contributed by atoms with van der Waals surface area (Å²) < 4.78 is 8.15. The standard InChI is InChI=1S/C17H15N5OS/c1-23-12-4-2-11(3-5-12)8-22-14(6-16(18)21-22)13-9-24-15-7-19-10-20-17(13)15/h2-7,9-10H,8H2,1H3,(H2,18,21). The minimum atomic E-state index is 0.493. The first-order valence-corrected chi connectivity index (χ1v) is 8.26. The fraction of sp³-hybridized carbons (Fsp3) is 0.118. The fourth-order valence-corrected chi connectivity index (χ4v) is 3.52. The average molecular weight is 337 g/mol. The molecule has 0 bridgehead atoms. The van der Waals surface area contributed by atoms with Gasteiger partial charge in [0.2, 0.25) is 0 Å². The summed E-state index contributed by atoms with van der Waals surface area (Å²) in [5.74, 6) is 1.33. The van der Waals surface area contributed by atoms with Crippen LogP contribution in [0.4, 0.5) is 5.82 Å². The zero-order valence-electron chi connectivity index (χ0n) is 13.0. The average Bonchev–Trinajstić information content (AvgIpc) is 3.18. The number of nitrogens with two attached hydrogens (primary N) is 1. The van der Waals surface area contributed by atoms with E-state index in [1.165, 1.54) is 0 Å². The van der Waals surface area contributed by atoms with Crippen LogP contribution in [0.15, 0.2) is 48.2 Å². The van der Waals surface area contributed by atoms with Crippen LogP contribution in [0.25, 0.3) is 21.5 Å². The molecule has 0 spiro atoms. The lowest BCUT2D eigenvalue weighted by Gasteiger charge is -2.07. The lowest BCUT2D eigenvalue weighted by atomic mass is 10.2. The molecule has 3 heterocycles. The summed E-state index contributed by atoms with van der Waals surface area (Å²) in [5.41, 5.74) is 9.96. The highest BCUT2D eigenvalue weighted by molar-refractivity contribution is 7.17. The molecule has 1 aromatic carbocycles. The number of aromatic nitrogens is 4. The third-order valence-corrected chi connectivity index (χ3v) is 4.71. The topological polar surface area (TPSA) is 78.9 Å². The van der Waals surface area contributed by atoms with Gasteiger partial charge in [-0.25, -0.2) is 9.97 Å². The summed E-state index contributed by atoms with van der Waals surface area (Å²) in [5, 5.41) is 6.51. The maximum atomic E-state index is 5.95. The molecule has 0 saturated carbocycles. The zero-order valence-corrected chi connectivity index (χ0v) is 13.8. The number of methoxy groups -OCH3 is 1. The van der Waals surface area contributed by atoms with Crippen LogP contribution in [0.3, 0.4) is 0 Å². The van der Waals surface area contributed by atoms with Gasteiger partial charge in [-0.2, -0.15) is 5.10 Å². The second-order valence-corrected chi connectivity index (χ2v) is 6.26. The van der Waals surface area contributed by atoms with Crippen molar-refractivity contribution in [1.29, 1.82) is 0 Å². The van der Waals surface area contributed by atoms with Gasteiger partial charge in [-0.3, -0.25) is 4.68 Å². The van der Waals surface area contributed by atoms with Crippen LogP contribution in [0, 0.1) is 0 Å². The maximum absolute atomic E-state index is 5.95. The van der Waals surface area contributed by atoms with Crippen molar-refractivity contribution < 1.29 is 4.74 Å². The number of rotatable bonds is 4. The van der Waals surface area contributed by atoms with Crippen molar-refractivity contribution in [2.45, 2.75) is 6.54 Å². The Morgan fingerprint density at radius 2 is 2.08 bits per heavy atom. The molecule has 24 heavy (non-hydrogen) atoms. The zero-order chi connectivity index (χ0) is 16.5. The van der Waals surface area contributed by atoms with Crippen molar-refractivity contribution in [3.8, 4) is 17.0 Å². The molecule has 0 aliphatic heterocycles. The van der Waals surface area contributed by atoms with Gasteiger partial charge < -0.3 is 10.5 Å². The molecule has 3 aromatic heterocycles. The molecule has 4 rings (SSSR count). The van der Waals surface area contributed by atoms with E-state index in [0.717, 1.165) is 32.8 Å². The first-order valence-electron chi connectivity index (χ1n) is 7.38. The van der Waals surface area contributed by atoms with E-state index in [-0.39, 0.29) is 0 Å². The molecule has 0 aliphatic rings. The Bertz CT molecular complexity index is 990. The van der Waals surface area contributed by atoms with E-state index >= 15 is 0 Å². The van der Waals surface area contributed by atoms with Crippen LogP contribution in [0.1, 0.15) is 5.56 Å². The summed E-state index contributed by atoms with van der Waals surface area (Å²) >= 11 is 1.61. The smallest absolute Gasteiger partial charge is 0.146 e. The minimum Gasteiger partial charge on any atom is -0.497 e. The molecule has 0 aliphatic carbocycles. The SMILES string of the molecule is COc1ccc(Cn2nc(N)cc2-c2csc3cncnc23)cc1. The van der Waals surface area contributed by atoms with Gasteiger partial charge in [-0.1, -0.05) is 12.1 Å². The number of fused-ring (bicyclic) bond motifs is 1. The van der Waals surface area contributed by atoms with Crippen molar-refractivity contribution in [3.05, 3.63) is 53.8 Å². The molecule has 0 unspecified atom stereocenters. The quantitative estimate of drug-likeness (QED) is 0.619. The molecule has 0 atom stereocenters. The van der Waals surface area contributed by atoms with Gasteiger partial charge >= 0.3 is 0 Å². The molecule has 6 nitrogen and oxygen atoms in total. The Labute approximate surface area is 142 Å². The van der Waals surface area contributed by atoms with Gasteiger partial charge in [0.25, 0.3) is 0 Å². The summed E-state index contributed by atoms with van der Waals surface area (Å²) in [6.45, 7) is 0.624. The number of benzene rings is 1. The van der Waals surface area contributed by atoms with Gasteiger partial charge in [0.15, 0.2) is 0 Å². The fourth-order valence-electron chi connectivity index (χ4n) is 2.64. The van der Waals surface area contributed by atoms with Crippen molar-refractivity contribution in [3.63, 3.8) is 0 Å². The normalized spacial score (nSPS) is 11.0. The van der Waals surface area contributed by atoms with Gasteiger partial charge in [-0.05, 0) is 17.7 Å². The molecular formula is C17H15N5OS. The first kappa shape index (κ1) is 14.6. The lowest BCUT2D eigenvalue weighted by Crippen LogP contribution is -2.04. The van der Waals surface area contributed by atoms with Gasteiger partial charge in [0.05, 0.1) is 29.6 Å². The highest BCUT2D eigenvalue weighted by Gasteiger charge is 2.14. The van der Waals surface area contributed by atoms with Crippen LogP contribution >= 0.6 is 11.3 Å². The summed E-state index contributed by atoms with van der Waals surface area (Å²) in [6.07, 6.45) is 3.39. The van der Waals surface area contributed by atoms with Gasteiger partial charge in [0, 0.05) is 23.2 Å². The Morgan fingerprint density at radius 1 is 1.25 bits per heavy atom. The van der Waals surface area contributed by atoms with Crippen molar-refractivity contribution in [2.24, 2.45) is 0 Å². The number of ether oxygens (including phenoxy) is 1. The van der Waals surface area contributed by atoms with Crippen LogP contribution in [0.2, 0.25) is 0 Å². The first-order chi connectivity index (χ1) is 11.7. The largest absolute Gasteiger partial charge is 0.497 e. The highest BCUT2D eigenvalue weighted by atomic mass is 32.1. The predicted molar refractivity (Wildman–Crippen MR) is 95.1 cm³/mol. The number of nitrogens with zero attached hydrogens (tertiary/aromatic N) is 4. The monoisotopic (exact) mass is 337 g/mol. The van der Waals surface area contributed by atoms with Crippen LogP contribution in [-0.4, -0.2) is 26.9 Å². The summed E-state index contributed by atoms with van der Waals surface area (Å²) in [7, 11) is 1.66. The van der Waals surface area contributed by atoms with E-state index in [1.807, 2.05) is 41.2 Å². The number of anilines is 1. The molecular weight excluding hydrogens is 322 g/mol. The predicted octanol–water partition coefficient (Wildman–Crippen LogP) is 3.19. The molecule has 0 saturated heterocycles. The molecule has 7 heteroatoms. The van der Waals surface area contributed by atoms with Crippen LogP contribution in [-0.2, 0) is 6.54 Å². The van der Waals surface area contributed by atoms with E-state index in [9.17, 15) is 0 Å². The van der Waals surface area contributed by atoms with E-state index < -0.39 is 0 Å². The summed E-state index contributed by atoms with van der Waals surface area (Å²) in [6, 6.07) is 9.81. The van der Waals surface area contributed by atoms with Crippen LogP contribution < -0.4 is 10.5 Å². The van der Waals surface area contributed by atoms with Crippen molar-refractivity contribution in [2.75, 3.05) is 12.8 Å². The second-order valence-electron chi connectivity index (χ2n) is 5.35. The van der Waals surface area contributed by atoms with E-state index in [0.29, 0.717) is 12.4 Å². The number of hydrogen-bond acceptors (Lipinski definition) is 6. The van der Waals surface area contributed by atoms with E-state index in [4.69, 9.17) is 10.5 Å². The molecule has 0 radical (unpaired) electrons. The Morgan fingerprint density at radius 3 is 2.88 bits per heavy atom. The molecule has 120 valence electrons. The van der Waals surface area contributed by atoms with Crippen molar-refractivity contribution in [1.82, 2.24) is 19.7 Å². The molecule has 2 N–H and O–H groups in total. The Balaban J connectivity index is 1.74. The highest BCUT2D eigenvalue weighted by Crippen LogP contribution is 2.33. The summed E-state index contributed by atoms with van der Waals surface area (Å²) in [4.78, 5) is 8.47.